The molecule has 1 unspecified atom stereocenters. The van der Waals surface area contributed by atoms with Crippen LogP contribution in [0.2, 0.25) is 0 Å². The number of nitrogens with one attached hydrogen (secondary N) is 2. The number of hydrogen-bond acceptors (Lipinski definition) is 3. The Balaban J connectivity index is 2.08. The Kier molecular flexibility index (Phi) is 2.73. The number of hydroxylamine groups is 1. The highest BCUT2D eigenvalue weighted by Gasteiger charge is 2.26. The molecule has 5 heteroatoms. The number of carbonyl (C=O) groups is 1. The van der Waals surface area contributed by atoms with E-state index in [0.717, 1.165) is 36.5 Å². The van der Waals surface area contributed by atoms with Crippen LogP contribution in [0.3, 0.4) is 0 Å². The van der Waals surface area contributed by atoms with E-state index >= 15 is 0 Å². The average Bonchev–Trinajstić information content (AvgIpc) is 2.57. The van der Waals surface area contributed by atoms with Crippen molar-refractivity contribution in [2.45, 2.75) is 26.2 Å². The van der Waals surface area contributed by atoms with E-state index in [-0.39, 0.29) is 11.8 Å². The van der Waals surface area contributed by atoms with Gasteiger partial charge in [-0.15, -0.1) is 0 Å². The van der Waals surface area contributed by atoms with Crippen molar-refractivity contribution < 1.29 is 9.63 Å². The van der Waals surface area contributed by atoms with E-state index in [4.69, 9.17) is 0 Å². The molecule has 0 fully saturated rings. The summed E-state index contributed by atoms with van der Waals surface area (Å²) in [5.74, 6) is 0.875. The Morgan fingerprint density at radius 2 is 2.47 bits per heavy atom. The quantitative estimate of drug-likeness (QED) is 0.697. The SMILES string of the molecule is CONC(=O)C1CCc2nc(C)[nH]c2C1. The number of imidazole rings is 1. The minimum atomic E-state index is -0.0459. The van der Waals surface area contributed by atoms with Crippen LogP contribution >= 0.6 is 0 Å². The molecule has 0 spiro atoms. The van der Waals surface area contributed by atoms with E-state index in [1.807, 2.05) is 6.92 Å². The van der Waals surface area contributed by atoms with E-state index in [1.54, 1.807) is 0 Å². The van der Waals surface area contributed by atoms with Gasteiger partial charge in [0.25, 0.3) is 0 Å². The number of nitrogens with zero attached hydrogens (tertiary/aromatic N) is 1. The molecule has 1 aliphatic carbocycles. The summed E-state index contributed by atoms with van der Waals surface area (Å²) in [6.45, 7) is 1.93. The maximum Gasteiger partial charge on any atom is 0.247 e. The van der Waals surface area contributed by atoms with E-state index in [2.05, 4.69) is 20.3 Å². The maximum atomic E-state index is 11.5. The van der Waals surface area contributed by atoms with Gasteiger partial charge in [0.15, 0.2) is 0 Å². The van der Waals surface area contributed by atoms with Gasteiger partial charge in [-0.1, -0.05) is 0 Å². The molecular weight excluding hydrogens is 194 g/mol. The number of aromatic nitrogens is 2. The highest BCUT2D eigenvalue weighted by atomic mass is 16.6. The lowest BCUT2D eigenvalue weighted by molar-refractivity contribution is -0.135. The number of aromatic amines is 1. The average molecular weight is 209 g/mol. The third kappa shape index (κ3) is 2.02. The van der Waals surface area contributed by atoms with Crippen LogP contribution in [0.5, 0.6) is 0 Å². The van der Waals surface area contributed by atoms with Crippen molar-refractivity contribution in [2.24, 2.45) is 5.92 Å². The molecule has 1 aliphatic rings. The predicted molar refractivity (Wildman–Crippen MR) is 54.0 cm³/mol. The van der Waals surface area contributed by atoms with Gasteiger partial charge in [-0.2, -0.15) is 0 Å². The second kappa shape index (κ2) is 4.02. The molecule has 82 valence electrons. The molecule has 0 aliphatic heterocycles. The molecular formula is C10H15N3O2. The highest BCUT2D eigenvalue weighted by Crippen LogP contribution is 2.23. The number of rotatable bonds is 2. The molecule has 0 saturated heterocycles. The molecule has 2 N–H and O–H groups in total. The Morgan fingerprint density at radius 3 is 3.20 bits per heavy atom. The van der Waals surface area contributed by atoms with E-state index < -0.39 is 0 Å². The summed E-state index contributed by atoms with van der Waals surface area (Å²) in [5.41, 5.74) is 4.58. The minimum Gasteiger partial charge on any atom is -0.346 e. The minimum absolute atomic E-state index is 0.00250. The van der Waals surface area contributed by atoms with Crippen LogP contribution in [0.4, 0.5) is 0 Å². The lowest BCUT2D eigenvalue weighted by atomic mass is 9.89. The van der Waals surface area contributed by atoms with Gasteiger partial charge in [-0.3, -0.25) is 9.63 Å². The number of aryl methyl sites for hydroxylation is 2. The molecule has 1 amide bonds. The third-order valence-electron chi connectivity index (χ3n) is 2.74. The number of hydrogen-bond donors (Lipinski definition) is 2. The zero-order valence-electron chi connectivity index (χ0n) is 8.96. The van der Waals surface area contributed by atoms with Crippen LogP contribution in [0.15, 0.2) is 0 Å². The van der Waals surface area contributed by atoms with Crippen molar-refractivity contribution in [3.8, 4) is 0 Å². The first-order valence-electron chi connectivity index (χ1n) is 5.08. The molecule has 0 aromatic carbocycles. The van der Waals surface area contributed by atoms with Crippen molar-refractivity contribution >= 4 is 5.91 Å². The number of H-pyrrole nitrogens is 1. The largest absolute Gasteiger partial charge is 0.346 e. The normalized spacial score (nSPS) is 19.7. The van der Waals surface area contributed by atoms with E-state index in [1.165, 1.54) is 7.11 Å². The molecule has 0 bridgehead atoms. The van der Waals surface area contributed by atoms with E-state index in [9.17, 15) is 4.79 Å². The summed E-state index contributed by atoms with van der Waals surface area (Å²) in [7, 11) is 1.45. The Labute approximate surface area is 88.2 Å². The first-order chi connectivity index (χ1) is 7.20. The summed E-state index contributed by atoms with van der Waals surface area (Å²) in [5, 5.41) is 0. The molecule has 1 aromatic heterocycles. The van der Waals surface area contributed by atoms with Gasteiger partial charge in [-0.05, 0) is 19.8 Å². The standard InChI is InChI=1S/C10H15N3O2/c1-6-11-8-4-3-7(5-9(8)12-6)10(14)13-15-2/h7H,3-5H2,1-2H3,(H,11,12)(H,13,14). The van der Waals surface area contributed by atoms with Gasteiger partial charge in [0.1, 0.15) is 5.82 Å². The van der Waals surface area contributed by atoms with Gasteiger partial charge < -0.3 is 4.98 Å². The van der Waals surface area contributed by atoms with Crippen LogP contribution in [0.25, 0.3) is 0 Å². The Bertz CT molecular complexity index is 373. The zero-order chi connectivity index (χ0) is 10.8. The Hall–Kier alpha value is -1.36. The van der Waals surface area contributed by atoms with Gasteiger partial charge in [0.05, 0.1) is 12.8 Å². The summed E-state index contributed by atoms with van der Waals surface area (Å²) >= 11 is 0. The summed E-state index contributed by atoms with van der Waals surface area (Å²) in [6, 6.07) is 0. The molecule has 5 nitrogen and oxygen atoms in total. The third-order valence-corrected chi connectivity index (χ3v) is 2.74. The van der Waals surface area contributed by atoms with Crippen LogP contribution in [0, 0.1) is 12.8 Å². The van der Waals surface area contributed by atoms with Gasteiger partial charge >= 0.3 is 0 Å². The number of amides is 1. The lowest BCUT2D eigenvalue weighted by Crippen LogP contribution is -2.33. The molecule has 2 rings (SSSR count). The molecule has 0 saturated carbocycles. The fourth-order valence-electron chi connectivity index (χ4n) is 2.03. The van der Waals surface area contributed by atoms with Gasteiger partial charge in [0, 0.05) is 18.0 Å². The highest BCUT2D eigenvalue weighted by molar-refractivity contribution is 5.78. The molecule has 0 radical (unpaired) electrons. The lowest BCUT2D eigenvalue weighted by Gasteiger charge is -2.19. The predicted octanol–water partition coefficient (Wildman–Crippen LogP) is 0.501. The second-order valence-corrected chi connectivity index (χ2v) is 3.86. The number of carbonyl (C=O) groups excluding carboxylic acids is 1. The molecule has 1 heterocycles. The molecule has 15 heavy (non-hydrogen) atoms. The zero-order valence-corrected chi connectivity index (χ0v) is 8.96. The maximum absolute atomic E-state index is 11.5. The van der Waals surface area contributed by atoms with Crippen LogP contribution in [-0.2, 0) is 22.5 Å². The topological polar surface area (TPSA) is 67.0 Å². The smallest absolute Gasteiger partial charge is 0.247 e. The molecule has 1 aromatic rings. The Morgan fingerprint density at radius 1 is 1.67 bits per heavy atom. The first kappa shape index (κ1) is 10.2. The fraction of sp³-hybridized carbons (Fsp3) is 0.600. The van der Waals surface area contributed by atoms with Crippen molar-refractivity contribution in [1.29, 1.82) is 0 Å². The van der Waals surface area contributed by atoms with Crippen LogP contribution in [0.1, 0.15) is 23.6 Å². The van der Waals surface area contributed by atoms with Crippen molar-refractivity contribution in [3.63, 3.8) is 0 Å². The fourth-order valence-corrected chi connectivity index (χ4v) is 2.03. The van der Waals surface area contributed by atoms with Gasteiger partial charge in [0.2, 0.25) is 5.91 Å². The first-order valence-corrected chi connectivity index (χ1v) is 5.08. The molecule has 1 atom stereocenters. The number of fused-ring (bicyclic) bond motifs is 1. The van der Waals surface area contributed by atoms with E-state index in [0.29, 0.717) is 0 Å². The van der Waals surface area contributed by atoms with Crippen LogP contribution < -0.4 is 5.48 Å². The second-order valence-electron chi connectivity index (χ2n) is 3.86. The summed E-state index contributed by atoms with van der Waals surface area (Å²) in [6.07, 6.45) is 2.43. The summed E-state index contributed by atoms with van der Waals surface area (Å²) in [4.78, 5) is 23.7. The van der Waals surface area contributed by atoms with Crippen LogP contribution in [-0.4, -0.2) is 23.0 Å². The van der Waals surface area contributed by atoms with Crippen molar-refractivity contribution in [2.75, 3.05) is 7.11 Å². The van der Waals surface area contributed by atoms with Crippen molar-refractivity contribution in [3.05, 3.63) is 17.2 Å². The van der Waals surface area contributed by atoms with Crippen molar-refractivity contribution in [1.82, 2.24) is 15.4 Å². The van der Waals surface area contributed by atoms with Gasteiger partial charge in [-0.25, -0.2) is 10.5 Å². The summed E-state index contributed by atoms with van der Waals surface area (Å²) < 4.78 is 0. The monoisotopic (exact) mass is 209 g/mol.